The van der Waals surface area contributed by atoms with Crippen LogP contribution in [0.3, 0.4) is 0 Å². The second-order valence-electron chi connectivity index (χ2n) is 4.66. The average Bonchev–Trinajstić information content (AvgIpc) is 2.35. The highest BCUT2D eigenvalue weighted by molar-refractivity contribution is 9.10. The van der Waals surface area contributed by atoms with Gasteiger partial charge in [-0.05, 0) is 44.0 Å². The van der Waals surface area contributed by atoms with Crippen LogP contribution >= 0.6 is 15.9 Å². The van der Waals surface area contributed by atoms with Gasteiger partial charge in [0.1, 0.15) is 0 Å². The number of carbonyl (C=O) groups is 1. The molecule has 1 rings (SSSR count). The number of amides is 1. The summed E-state index contributed by atoms with van der Waals surface area (Å²) < 4.78 is 1.12. The maximum atomic E-state index is 11.6. The lowest BCUT2D eigenvalue weighted by Crippen LogP contribution is -2.35. The molecule has 0 saturated carbocycles. The van der Waals surface area contributed by atoms with Gasteiger partial charge in [0.15, 0.2) is 0 Å². The largest absolute Gasteiger partial charge is 0.381 e. The summed E-state index contributed by atoms with van der Waals surface area (Å²) in [6.45, 7) is 7.06. The first kappa shape index (κ1) is 16.0. The number of rotatable bonds is 6. The number of nitrogens with one attached hydrogen (secondary N) is 2. The molecule has 1 amide bonds. The van der Waals surface area contributed by atoms with Gasteiger partial charge >= 0.3 is 0 Å². The van der Waals surface area contributed by atoms with Crippen LogP contribution in [0.2, 0.25) is 0 Å². The third-order valence-electron chi connectivity index (χ3n) is 2.90. The molecule has 5 heteroatoms. The van der Waals surface area contributed by atoms with Crippen LogP contribution in [0.4, 0.5) is 5.69 Å². The highest BCUT2D eigenvalue weighted by atomic mass is 79.9. The van der Waals surface area contributed by atoms with Crippen LogP contribution < -0.4 is 16.4 Å². The minimum Gasteiger partial charge on any atom is -0.381 e. The van der Waals surface area contributed by atoms with Crippen LogP contribution in [0.1, 0.15) is 24.5 Å². The van der Waals surface area contributed by atoms with Crippen molar-refractivity contribution in [1.29, 1.82) is 0 Å². The molecule has 0 fully saturated rings. The maximum Gasteiger partial charge on any atom is 0.222 e. The van der Waals surface area contributed by atoms with Crippen molar-refractivity contribution in [1.82, 2.24) is 5.32 Å². The summed E-state index contributed by atoms with van der Waals surface area (Å²) in [7, 11) is 0. The number of benzene rings is 1. The van der Waals surface area contributed by atoms with Crippen molar-refractivity contribution in [2.24, 2.45) is 5.73 Å². The van der Waals surface area contributed by atoms with Crippen LogP contribution in [-0.2, 0) is 4.79 Å². The van der Waals surface area contributed by atoms with Crippen LogP contribution in [0.5, 0.6) is 0 Å². The van der Waals surface area contributed by atoms with E-state index in [1.807, 2.05) is 20.8 Å². The van der Waals surface area contributed by atoms with Crippen molar-refractivity contribution >= 4 is 27.5 Å². The monoisotopic (exact) mass is 327 g/mol. The minimum atomic E-state index is -0.0495. The van der Waals surface area contributed by atoms with Crippen LogP contribution in [-0.4, -0.2) is 25.0 Å². The van der Waals surface area contributed by atoms with E-state index in [1.165, 1.54) is 0 Å². The quantitative estimate of drug-likeness (QED) is 0.751. The first-order valence-corrected chi connectivity index (χ1v) is 7.27. The summed E-state index contributed by atoms with van der Waals surface area (Å²) in [6, 6.07) is 4.06. The van der Waals surface area contributed by atoms with Crippen molar-refractivity contribution in [2.45, 2.75) is 33.2 Å². The molecule has 4 N–H and O–H groups in total. The minimum absolute atomic E-state index is 0.0241. The molecule has 0 aliphatic heterocycles. The summed E-state index contributed by atoms with van der Waals surface area (Å²) in [6.07, 6.45) is 0.387. The van der Waals surface area contributed by atoms with E-state index in [9.17, 15) is 4.79 Å². The molecule has 1 aromatic carbocycles. The van der Waals surface area contributed by atoms with Crippen molar-refractivity contribution < 1.29 is 4.79 Å². The third-order valence-corrected chi connectivity index (χ3v) is 4.15. The lowest BCUT2D eigenvalue weighted by atomic mass is 10.1. The van der Waals surface area contributed by atoms with Crippen molar-refractivity contribution in [2.75, 3.05) is 18.4 Å². The van der Waals surface area contributed by atoms with Crippen molar-refractivity contribution in [3.63, 3.8) is 0 Å². The molecule has 106 valence electrons. The number of hydrogen-bond donors (Lipinski definition) is 3. The Bertz CT molecular complexity index is 425. The number of nitrogens with two attached hydrogens (primary N) is 1. The third kappa shape index (κ3) is 4.84. The normalized spacial score (nSPS) is 12.1. The Hall–Kier alpha value is -1.07. The Kier molecular flexibility index (Phi) is 6.31. The molecule has 1 atom stereocenters. The molecule has 0 aliphatic rings. The molecule has 0 bridgehead atoms. The first-order chi connectivity index (χ1) is 8.97. The van der Waals surface area contributed by atoms with Gasteiger partial charge in [-0.3, -0.25) is 4.79 Å². The van der Waals surface area contributed by atoms with Gasteiger partial charge in [-0.2, -0.15) is 0 Å². The van der Waals surface area contributed by atoms with E-state index in [-0.39, 0.29) is 11.9 Å². The molecule has 0 spiro atoms. The molecule has 0 radical (unpaired) electrons. The van der Waals surface area contributed by atoms with E-state index in [4.69, 9.17) is 5.73 Å². The van der Waals surface area contributed by atoms with Gasteiger partial charge in [0, 0.05) is 35.7 Å². The second kappa shape index (κ2) is 7.50. The lowest BCUT2D eigenvalue weighted by molar-refractivity contribution is -0.121. The Morgan fingerprint density at radius 1 is 1.37 bits per heavy atom. The fraction of sp³-hybridized carbons (Fsp3) is 0.500. The standard InChI is InChI=1S/C14H22BrN3O/c1-4-17-13(19)7-12(8-16)18-11-5-9(2)14(15)10(3)6-11/h5-6,12,18H,4,7-8,16H2,1-3H3,(H,17,19). The summed E-state index contributed by atoms with van der Waals surface area (Å²) in [5, 5.41) is 6.11. The van der Waals surface area contributed by atoms with E-state index in [1.54, 1.807) is 0 Å². The Balaban J connectivity index is 2.73. The zero-order chi connectivity index (χ0) is 14.4. The van der Waals surface area contributed by atoms with Crippen molar-refractivity contribution in [3.05, 3.63) is 27.7 Å². The van der Waals surface area contributed by atoms with Gasteiger partial charge < -0.3 is 16.4 Å². The van der Waals surface area contributed by atoms with Gasteiger partial charge in [-0.25, -0.2) is 0 Å². The molecule has 1 aromatic rings. The fourth-order valence-corrected chi connectivity index (χ4v) is 2.18. The Morgan fingerprint density at radius 2 is 1.95 bits per heavy atom. The van der Waals surface area contributed by atoms with Crippen LogP contribution in [0.25, 0.3) is 0 Å². The predicted octanol–water partition coefficient (Wildman–Crippen LogP) is 2.33. The Labute approximate surface area is 123 Å². The highest BCUT2D eigenvalue weighted by Gasteiger charge is 2.12. The van der Waals surface area contributed by atoms with E-state index < -0.39 is 0 Å². The van der Waals surface area contributed by atoms with Gasteiger partial charge in [0.2, 0.25) is 5.91 Å². The molecule has 4 nitrogen and oxygen atoms in total. The summed E-state index contributed by atoms with van der Waals surface area (Å²) >= 11 is 3.54. The fourth-order valence-electron chi connectivity index (χ4n) is 1.95. The average molecular weight is 328 g/mol. The number of anilines is 1. The van der Waals surface area contributed by atoms with Gasteiger partial charge in [0.05, 0.1) is 0 Å². The van der Waals surface area contributed by atoms with Crippen LogP contribution in [0, 0.1) is 13.8 Å². The first-order valence-electron chi connectivity index (χ1n) is 6.48. The van der Waals surface area contributed by atoms with Crippen molar-refractivity contribution in [3.8, 4) is 0 Å². The number of hydrogen-bond acceptors (Lipinski definition) is 3. The number of carbonyl (C=O) groups excluding carboxylic acids is 1. The molecule has 1 unspecified atom stereocenters. The van der Waals surface area contributed by atoms with Gasteiger partial charge in [-0.1, -0.05) is 15.9 Å². The SMILES string of the molecule is CCNC(=O)CC(CN)Nc1cc(C)c(Br)c(C)c1. The zero-order valence-corrected chi connectivity index (χ0v) is 13.3. The summed E-state index contributed by atoms with van der Waals surface area (Å²) in [5.41, 5.74) is 9.04. The Morgan fingerprint density at radius 3 is 2.42 bits per heavy atom. The topological polar surface area (TPSA) is 67.2 Å². The second-order valence-corrected chi connectivity index (χ2v) is 5.45. The molecule has 19 heavy (non-hydrogen) atoms. The summed E-state index contributed by atoms with van der Waals surface area (Å²) in [5.74, 6) is 0.0241. The van der Waals surface area contributed by atoms with E-state index >= 15 is 0 Å². The van der Waals surface area contributed by atoms with Crippen LogP contribution in [0.15, 0.2) is 16.6 Å². The number of aryl methyl sites for hydroxylation is 2. The molecular formula is C14H22BrN3O. The van der Waals surface area contributed by atoms with E-state index in [2.05, 4.69) is 38.7 Å². The molecule has 0 saturated heterocycles. The molecule has 0 aromatic heterocycles. The molecule has 0 aliphatic carbocycles. The highest BCUT2D eigenvalue weighted by Crippen LogP contribution is 2.25. The van der Waals surface area contributed by atoms with E-state index in [0.29, 0.717) is 19.5 Å². The zero-order valence-electron chi connectivity index (χ0n) is 11.7. The van der Waals surface area contributed by atoms with Gasteiger partial charge in [0.25, 0.3) is 0 Å². The molecular weight excluding hydrogens is 306 g/mol. The van der Waals surface area contributed by atoms with Gasteiger partial charge in [-0.15, -0.1) is 0 Å². The maximum absolute atomic E-state index is 11.6. The summed E-state index contributed by atoms with van der Waals surface area (Å²) in [4.78, 5) is 11.6. The lowest BCUT2D eigenvalue weighted by Gasteiger charge is -2.19. The molecule has 0 heterocycles. The van der Waals surface area contributed by atoms with E-state index in [0.717, 1.165) is 21.3 Å². The predicted molar refractivity (Wildman–Crippen MR) is 83.4 cm³/mol. The number of halogens is 1. The smallest absolute Gasteiger partial charge is 0.222 e.